The number of amides is 1. The summed E-state index contributed by atoms with van der Waals surface area (Å²) < 4.78 is 28.3. The van der Waals surface area contributed by atoms with Crippen LogP contribution < -0.4 is 19.9 Å². The highest BCUT2D eigenvalue weighted by Crippen LogP contribution is 2.40. The van der Waals surface area contributed by atoms with Gasteiger partial charge in [-0.15, -0.1) is 0 Å². The highest BCUT2D eigenvalue weighted by atomic mass is 19.1. The summed E-state index contributed by atoms with van der Waals surface area (Å²) in [5.41, 5.74) is 3.68. The van der Waals surface area contributed by atoms with Crippen LogP contribution in [0.15, 0.2) is 48.8 Å². The van der Waals surface area contributed by atoms with Crippen LogP contribution in [0.2, 0.25) is 0 Å². The summed E-state index contributed by atoms with van der Waals surface area (Å²) in [5.74, 6) is 0.817. The molecule has 1 saturated heterocycles. The molecule has 1 amide bonds. The molecule has 0 unspecified atom stereocenters. The zero-order valence-corrected chi connectivity index (χ0v) is 24.7. The second-order valence-corrected chi connectivity index (χ2v) is 11.9. The van der Waals surface area contributed by atoms with E-state index < -0.39 is 17.5 Å². The number of halogens is 1. The number of likely N-dealkylation sites (N-methyl/N-ethyl adjacent to an activating group) is 1. The Bertz CT molecular complexity index is 1740. The maximum Gasteiger partial charge on any atom is 0.407 e. The number of benzene rings is 2. The van der Waals surface area contributed by atoms with Crippen LogP contribution in [0, 0.1) is 17.1 Å². The maximum absolute atomic E-state index is 14.9. The molecule has 222 valence electrons. The molecule has 0 bridgehead atoms. The lowest BCUT2D eigenvalue weighted by Crippen LogP contribution is -2.49. The molecule has 10 nitrogen and oxygen atoms in total. The van der Waals surface area contributed by atoms with Crippen molar-refractivity contribution in [3.63, 3.8) is 0 Å². The van der Waals surface area contributed by atoms with E-state index in [-0.39, 0.29) is 11.6 Å². The first-order valence-electron chi connectivity index (χ1n) is 14.4. The number of alkyl carbamates (subject to hydrolysis) is 1. The summed E-state index contributed by atoms with van der Waals surface area (Å²) in [6.07, 6.45) is 4.79. The Hall–Kier alpha value is -4.85. The SMILES string of the molecule is CN1CCOc2cc(-c3c(-c4ccc(C#N)c(F)c4)nc4c(N5CCC[C@@H](NC(=O)OC(C)(C)C)C5)nccn34)ccc21. The number of carbonyl (C=O) groups is 1. The van der Waals surface area contributed by atoms with Crippen LogP contribution in [0.4, 0.5) is 20.7 Å². The van der Waals surface area contributed by atoms with Gasteiger partial charge in [-0.05, 0) is 57.9 Å². The van der Waals surface area contributed by atoms with Crippen molar-refractivity contribution >= 4 is 23.2 Å². The van der Waals surface area contributed by atoms with E-state index in [1.54, 1.807) is 12.3 Å². The van der Waals surface area contributed by atoms with Gasteiger partial charge in [-0.3, -0.25) is 4.40 Å². The van der Waals surface area contributed by atoms with E-state index >= 15 is 0 Å². The van der Waals surface area contributed by atoms with Crippen molar-refractivity contribution in [2.45, 2.75) is 45.3 Å². The fourth-order valence-corrected chi connectivity index (χ4v) is 5.68. The molecule has 2 aromatic heterocycles. The molecule has 1 atom stereocenters. The van der Waals surface area contributed by atoms with E-state index in [4.69, 9.17) is 19.4 Å². The molecule has 2 aliphatic rings. The molecular formula is C32H34FN7O3. The van der Waals surface area contributed by atoms with Gasteiger partial charge < -0.3 is 24.6 Å². The second-order valence-electron chi connectivity index (χ2n) is 11.9. The third-order valence-corrected chi connectivity index (χ3v) is 7.66. The molecule has 43 heavy (non-hydrogen) atoms. The predicted molar refractivity (Wildman–Crippen MR) is 162 cm³/mol. The molecule has 1 fully saturated rings. The summed E-state index contributed by atoms with van der Waals surface area (Å²) in [6, 6.07) is 12.3. The third-order valence-electron chi connectivity index (χ3n) is 7.66. The molecule has 6 rings (SSSR count). The largest absolute Gasteiger partial charge is 0.490 e. The van der Waals surface area contributed by atoms with Crippen LogP contribution in [0.25, 0.3) is 28.2 Å². The highest BCUT2D eigenvalue weighted by Gasteiger charge is 2.28. The average molecular weight is 584 g/mol. The van der Waals surface area contributed by atoms with Crippen LogP contribution in [0.3, 0.4) is 0 Å². The second kappa shape index (κ2) is 11.1. The molecule has 0 saturated carbocycles. The van der Waals surface area contributed by atoms with Crippen LogP contribution in [-0.4, -0.2) is 65.4 Å². The lowest BCUT2D eigenvalue weighted by molar-refractivity contribution is 0.0500. The van der Waals surface area contributed by atoms with Gasteiger partial charge >= 0.3 is 6.09 Å². The number of aromatic nitrogens is 3. The van der Waals surface area contributed by atoms with Gasteiger partial charge in [0.05, 0.1) is 29.2 Å². The van der Waals surface area contributed by atoms with Crippen LogP contribution in [0.1, 0.15) is 39.2 Å². The lowest BCUT2D eigenvalue weighted by Gasteiger charge is -2.34. The Morgan fingerprint density at radius 3 is 2.77 bits per heavy atom. The zero-order valence-electron chi connectivity index (χ0n) is 24.7. The first kappa shape index (κ1) is 28.3. The number of nitriles is 1. The monoisotopic (exact) mass is 583 g/mol. The number of piperidine rings is 1. The number of nitrogens with zero attached hydrogens (tertiary/aromatic N) is 6. The van der Waals surface area contributed by atoms with E-state index in [9.17, 15) is 14.4 Å². The number of anilines is 2. The molecular weight excluding hydrogens is 549 g/mol. The summed E-state index contributed by atoms with van der Waals surface area (Å²) in [6.45, 7) is 8.16. The topological polar surface area (TPSA) is 108 Å². The third kappa shape index (κ3) is 5.65. The van der Waals surface area contributed by atoms with E-state index in [2.05, 4.69) is 15.1 Å². The number of carbonyl (C=O) groups excluding carboxylic acids is 1. The molecule has 0 spiro atoms. The molecule has 1 N–H and O–H groups in total. The first-order chi connectivity index (χ1) is 20.6. The molecule has 2 aliphatic heterocycles. The standard InChI is InChI=1S/C32H34FN7O3/c1-32(2,3)43-31(41)36-23-6-5-12-39(19-23)29-30-37-27(20-7-8-22(18-34)24(33)16-20)28(40(30)13-11-35-29)21-9-10-25-26(17-21)42-15-14-38(25)4/h7-11,13,16-17,23H,5-6,12,14-15,19H2,1-4H3,(H,36,41)/t23-/m1/s1. The van der Waals surface area contributed by atoms with Crippen LogP contribution >= 0.6 is 0 Å². The fourth-order valence-electron chi connectivity index (χ4n) is 5.68. The number of rotatable bonds is 4. The fraction of sp³-hybridized carbons (Fsp3) is 0.375. The zero-order chi connectivity index (χ0) is 30.3. The number of hydrogen-bond acceptors (Lipinski definition) is 8. The highest BCUT2D eigenvalue weighted by molar-refractivity contribution is 5.86. The Labute approximate surface area is 249 Å². The Morgan fingerprint density at radius 1 is 1.19 bits per heavy atom. The van der Waals surface area contributed by atoms with Gasteiger partial charge in [0.15, 0.2) is 11.5 Å². The maximum atomic E-state index is 14.9. The van der Waals surface area contributed by atoms with Gasteiger partial charge in [-0.25, -0.2) is 19.2 Å². The van der Waals surface area contributed by atoms with Crippen LogP contribution in [-0.2, 0) is 4.74 Å². The minimum absolute atomic E-state index is 0.0292. The predicted octanol–water partition coefficient (Wildman–Crippen LogP) is 5.40. The van der Waals surface area contributed by atoms with Gasteiger partial charge in [0.2, 0.25) is 0 Å². The van der Waals surface area contributed by atoms with Gasteiger partial charge in [0.25, 0.3) is 0 Å². The van der Waals surface area contributed by atoms with Crippen molar-refractivity contribution in [1.82, 2.24) is 19.7 Å². The minimum Gasteiger partial charge on any atom is -0.490 e. The molecule has 0 radical (unpaired) electrons. The van der Waals surface area contributed by atoms with Crippen molar-refractivity contribution in [3.8, 4) is 34.3 Å². The van der Waals surface area contributed by atoms with Crippen molar-refractivity contribution in [2.75, 3.05) is 43.1 Å². The average Bonchev–Trinajstić information content (AvgIpc) is 3.36. The number of fused-ring (bicyclic) bond motifs is 2. The Balaban J connectivity index is 1.44. The van der Waals surface area contributed by atoms with Crippen LogP contribution in [0.5, 0.6) is 5.75 Å². The number of nitrogens with one attached hydrogen (secondary N) is 1. The van der Waals surface area contributed by atoms with Gasteiger partial charge in [-0.2, -0.15) is 5.26 Å². The molecule has 4 heterocycles. The Kier molecular flexibility index (Phi) is 7.30. The lowest BCUT2D eigenvalue weighted by atomic mass is 10.0. The van der Waals surface area contributed by atoms with Crippen molar-refractivity contribution in [1.29, 1.82) is 5.26 Å². The molecule has 2 aromatic carbocycles. The minimum atomic E-state index is -0.608. The summed E-state index contributed by atoms with van der Waals surface area (Å²) in [5, 5.41) is 12.3. The molecule has 11 heteroatoms. The van der Waals surface area contributed by atoms with Gasteiger partial charge in [0.1, 0.15) is 29.8 Å². The number of ether oxygens (including phenoxy) is 2. The summed E-state index contributed by atoms with van der Waals surface area (Å²) in [4.78, 5) is 26.5. The van der Waals surface area contributed by atoms with Crippen molar-refractivity contribution in [2.24, 2.45) is 0 Å². The normalized spacial score (nSPS) is 16.8. The first-order valence-corrected chi connectivity index (χ1v) is 14.4. The molecule has 0 aliphatic carbocycles. The Morgan fingerprint density at radius 2 is 2.00 bits per heavy atom. The number of hydrogen-bond donors (Lipinski definition) is 1. The quantitative estimate of drug-likeness (QED) is 0.341. The van der Waals surface area contributed by atoms with Crippen molar-refractivity contribution < 1.29 is 18.7 Å². The van der Waals surface area contributed by atoms with E-state index in [1.807, 2.05) is 62.7 Å². The smallest absolute Gasteiger partial charge is 0.407 e. The van der Waals surface area contributed by atoms with E-state index in [0.29, 0.717) is 35.9 Å². The van der Waals surface area contributed by atoms with Crippen molar-refractivity contribution in [3.05, 3.63) is 60.2 Å². The van der Waals surface area contributed by atoms with Gasteiger partial charge in [-0.1, -0.05) is 12.1 Å². The van der Waals surface area contributed by atoms with E-state index in [0.717, 1.165) is 48.6 Å². The molecule has 4 aromatic rings. The van der Waals surface area contributed by atoms with E-state index in [1.165, 1.54) is 12.1 Å². The number of imidazole rings is 1. The summed E-state index contributed by atoms with van der Waals surface area (Å²) in [7, 11) is 2.03. The summed E-state index contributed by atoms with van der Waals surface area (Å²) >= 11 is 0. The van der Waals surface area contributed by atoms with Gasteiger partial charge in [0, 0.05) is 49.7 Å².